The molecule has 0 bridgehead atoms. The standard InChI is InChI=1S/C10H14BrN/c1-7-5-9(11)8(6-12-7)10(2,3)4/h5-6H,1-4H3. The van der Waals surface area contributed by atoms with Gasteiger partial charge in [-0.2, -0.15) is 0 Å². The first-order chi connectivity index (χ1) is 5.41. The Kier molecular flexibility index (Phi) is 2.57. The Bertz CT molecular complexity index is 286. The normalized spacial score (nSPS) is 11.8. The summed E-state index contributed by atoms with van der Waals surface area (Å²) < 4.78 is 1.16. The summed E-state index contributed by atoms with van der Waals surface area (Å²) in [5.74, 6) is 0. The molecule has 0 fully saturated rings. The molecule has 12 heavy (non-hydrogen) atoms. The Morgan fingerprint density at radius 1 is 1.33 bits per heavy atom. The Labute approximate surface area is 82.3 Å². The second-order valence-electron chi connectivity index (χ2n) is 4.06. The van der Waals surface area contributed by atoms with Crippen LogP contribution in [0.4, 0.5) is 0 Å². The van der Waals surface area contributed by atoms with Gasteiger partial charge in [0.1, 0.15) is 0 Å². The van der Waals surface area contributed by atoms with E-state index in [1.54, 1.807) is 0 Å². The van der Waals surface area contributed by atoms with Gasteiger partial charge in [-0.15, -0.1) is 0 Å². The predicted molar refractivity (Wildman–Crippen MR) is 55.4 cm³/mol. The molecule has 66 valence electrons. The number of hydrogen-bond acceptors (Lipinski definition) is 1. The van der Waals surface area contributed by atoms with Crippen LogP contribution in [0.2, 0.25) is 0 Å². The van der Waals surface area contributed by atoms with Crippen LogP contribution in [-0.2, 0) is 5.41 Å². The van der Waals surface area contributed by atoms with Crippen molar-refractivity contribution >= 4 is 15.9 Å². The lowest BCUT2D eigenvalue weighted by Crippen LogP contribution is -2.12. The minimum atomic E-state index is 0.166. The average Bonchev–Trinajstić information content (AvgIpc) is 1.83. The molecule has 1 nitrogen and oxygen atoms in total. The molecule has 0 N–H and O–H groups in total. The molecule has 0 aliphatic carbocycles. The first-order valence-electron chi connectivity index (χ1n) is 4.04. The van der Waals surface area contributed by atoms with Crippen molar-refractivity contribution in [1.29, 1.82) is 0 Å². The second kappa shape index (κ2) is 3.17. The topological polar surface area (TPSA) is 12.9 Å². The summed E-state index contributed by atoms with van der Waals surface area (Å²) in [6, 6.07) is 2.06. The van der Waals surface area contributed by atoms with E-state index in [-0.39, 0.29) is 5.41 Å². The van der Waals surface area contributed by atoms with E-state index in [9.17, 15) is 0 Å². The summed E-state index contributed by atoms with van der Waals surface area (Å²) in [7, 11) is 0. The van der Waals surface area contributed by atoms with Crippen molar-refractivity contribution in [2.45, 2.75) is 33.1 Å². The van der Waals surface area contributed by atoms with Gasteiger partial charge in [0.15, 0.2) is 0 Å². The third-order valence-electron chi connectivity index (χ3n) is 1.80. The predicted octanol–water partition coefficient (Wildman–Crippen LogP) is 3.45. The first kappa shape index (κ1) is 9.72. The molecule has 2 heteroatoms. The van der Waals surface area contributed by atoms with Gasteiger partial charge < -0.3 is 0 Å². The zero-order chi connectivity index (χ0) is 9.35. The number of aryl methyl sites for hydroxylation is 1. The van der Waals surface area contributed by atoms with Crippen molar-refractivity contribution in [3.05, 3.63) is 28.0 Å². The molecular weight excluding hydrogens is 214 g/mol. The van der Waals surface area contributed by atoms with Gasteiger partial charge in [-0.25, -0.2) is 0 Å². The van der Waals surface area contributed by atoms with Crippen molar-refractivity contribution < 1.29 is 0 Å². The maximum Gasteiger partial charge on any atom is 0.0384 e. The maximum absolute atomic E-state index is 4.28. The number of nitrogens with zero attached hydrogens (tertiary/aromatic N) is 1. The number of hydrogen-bond donors (Lipinski definition) is 0. The van der Waals surface area contributed by atoms with Gasteiger partial charge in [0.25, 0.3) is 0 Å². The minimum absolute atomic E-state index is 0.166. The van der Waals surface area contributed by atoms with Gasteiger partial charge in [0.2, 0.25) is 0 Å². The smallest absolute Gasteiger partial charge is 0.0384 e. The summed E-state index contributed by atoms with van der Waals surface area (Å²) in [4.78, 5) is 4.28. The molecule has 1 aromatic rings. The monoisotopic (exact) mass is 227 g/mol. The molecule has 0 saturated heterocycles. The third kappa shape index (κ3) is 2.07. The molecule has 0 amide bonds. The van der Waals surface area contributed by atoms with Gasteiger partial charge in [-0.3, -0.25) is 4.98 Å². The number of rotatable bonds is 0. The fourth-order valence-electron chi connectivity index (χ4n) is 1.08. The number of pyridine rings is 1. The molecule has 0 spiro atoms. The zero-order valence-electron chi connectivity index (χ0n) is 7.98. The van der Waals surface area contributed by atoms with Crippen LogP contribution in [0, 0.1) is 6.92 Å². The number of aromatic nitrogens is 1. The van der Waals surface area contributed by atoms with Crippen molar-refractivity contribution in [2.24, 2.45) is 0 Å². The fraction of sp³-hybridized carbons (Fsp3) is 0.500. The molecule has 0 aliphatic heterocycles. The van der Waals surface area contributed by atoms with Crippen molar-refractivity contribution in [1.82, 2.24) is 4.98 Å². The van der Waals surface area contributed by atoms with Crippen molar-refractivity contribution in [2.75, 3.05) is 0 Å². The summed E-state index contributed by atoms with van der Waals surface area (Å²) in [5, 5.41) is 0. The van der Waals surface area contributed by atoms with Crippen LogP contribution in [0.25, 0.3) is 0 Å². The Balaban J connectivity index is 3.19. The summed E-state index contributed by atoms with van der Waals surface area (Å²) in [6.45, 7) is 8.55. The highest BCUT2D eigenvalue weighted by Gasteiger charge is 2.16. The molecule has 0 radical (unpaired) electrons. The van der Waals surface area contributed by atoms with Gasteiger partial charge in [-0.1, -0.05) is 36.7 Å². The molecule has 1 rings (SSSR count). The Morgan fingerprint density at radius 3 is 2.33 bits per heavy atom. The zero-order valence-corrected chi connectivity index (χ0v) is 9.57. The molecule has 1 aromatic heterocycles. The lowest BCUT2D eigenvalue weighted by atomic mass is 9.88. The lowest BCUT2D eigenvalue weighted by Gasteiger charge is -2.20. The lowest BCUT2D eigenvalue weighted by molar-refractivity contribution is 0.584. The molecule has 0 aliphatic rings. The molecule has 1 heterocycles. The first-order valence-corrected chi connectivity index (χ1v) is 4.83. The highest BCUT2D eigenvalue weighted by molar-refractivity contribution is 9.10. The van der Waals surface area contributed by atoms with Gasteiger partial charge in [0, 0.05) is 16.4 Å². The maximum atomic E-state index is 4.28. The quantitative estimate of drug-likeness (QED) is 0.662. The largest absolute Gasteiger partial charge is 0.261 e. The van der Waals surface area contributed by atoms with Crippen LogP contribution < -0.4 is 0 Å². The molecule has 0 unspecified atom stereocenters. The van der Waals surface area contributed by atoms with Gasteiger partial charge >= 0.3 is 0 Å². The van der Waals surface area contributed by atoms with Crippen molar-refractivity contribution in [3.8, 4) is 0 Å². The van der Waals surface area contributed by atoms with E-state index in [0.29, 0.717) is 0 Å². The van der Waals surface area contributed by atoms with Crippen molar-refractivity contribution in [3.63, 3.8) is 0 Å². The van der Waals surface area contributed by atoms with E-state index < -0.39 is 0 Å². The van der Waals surface area contributed by atoms with E-state index >= 15 is 0 Å². The summed E-state index contributed by atoms with van der Waals surface area (Å²) in [5.41, 5.74) is 2.47. The molecule has 0 atom stereocenters. The number of halogens is 1. The highest BCUT2D eigenvalue weighted by Crippen LogP contribution is 2.28. The van der Waals surface area contributed by atoms with E-state index in [2.05, 4.69) is 47.8 Å². The highest BCUT2D eigenvalue weighted by atomic mass is 79.9. The fourth-order valence-corrected chi connectivity index (χ4v) is 2.11. The van der Waals surface area contributed by atoms with Crippen LogP contribution in [0.3, 0.4) is 0 Å². The second-order valence-corrected chi connectivity index (χ2v) is 4.91. The average molecular weight is 228 g/mol. The van der Waals surface area contributed by atoms with Crippen LogP contribution >= 0.6 is 15.9 Å². The molecular formula is C10H14BrN. The minimum Gasteiger partial charge on any atom is -0.261 e. The van der Waals surface area contributed by atoms with Gasteiger partial charge in [0.05, 0.1) is 0 Å². The third-order valence-corrected chi connectivity index (χ3v) is 2.45. The summed E-state index contributed by atoms with van der Waals surface area (Å²) >= 11 is 3.54. The Hall–Kier alpha value is -0.370. The van der Waals surface area contributed by atoms with E-state index in [0.717, 1.165) is 10.2 Å². The van der Waals surface area contributed by atoms with Crippen LogP contribution in [-0.4, -0.2) is 4.98 Å². The van der Waals surface area contributed by atoms with E-state index in [1.165, 1.54) is 5.56 Å². The van der Waals surface area contributed by atoms with Crippen LogP contribution in [0.5, 0.6) is 0 Å². The molecule has 0 saturated carbocycles. The van der Waals surface area contributed by atoms with Crippen LogP contribution in [0.1, 0.15) is 32.0 Å². The van der Waals surface area contributed by atoms with E-state index in [1.807, 2.05) is 13.1 Å². The summed E-state index contributed by atoms with van der Waals surface area (Å²) in [6.07, 6.45) is 1.94. The van der Waals surface area contributed by atoms with E-state index in [4.69, 9.17) is 0 Å². The Morgan fingerprint density at radius 2 is 1.92 bits per heavy atom. The molecule has 0 aromatic carbocycles. The SMILES string of the molecule is Cc1cc(Br)c(C(C)(C)C)cn1. The van der Waals surface area contributed by atoms with Gasteiger partial charge in [-0.05, 0) is 24.0 Å². The van der Waals surface area contributed by atoms with Crippen LogP contribution in [0.15, 0.2) is 16.7 Å².